The third-order valence-electron chi connectivity index (χ3n) is 4.80. The van der Waals surface area contributed by atoms with Gasteiger partial charge in [0.2, 0.25) is 0 Å². The number of nitrogens with one attached hydrogen (secondary N) is 2. The maximum absolute atomic E-state index is 9.60. The normalized spacial score (nSPS) is 11.9. The molecule has 0 fully saturated rings. The fourth-order valence-electron chi connectivity index (χ4n) is 3.29. The number of pyridine rings is 1. The van der Waals surface area contributed by atoms with Gasteiger partial charge in [0.1, 0.15) is 5.75 Å². The van der Waals surface area contributed by atoms with Crippen molar-refractivity contribution in [3.63, 3.8) is 0 Å². The summed E-state index contributed by atoms with van der Waals surface area (Å²) in [5, 5.41) is 17.5. The van der Waals surface area contributed by atoms with Crippen LogP contribution < -0.4 is 5.73 Å². The minimum absolute atomic E-state index is 0.0660. The van der Waals surface area contributed by atoms with Crippen molar-refractivity contribution in [1.29, 1.82) is 5.41 Å². The molecule has 0 spiro atoms. The highest BCUT2D eigenvalue weighted by atomic mass is 16.3. The van der Waals surface area contributed by atoms with Gasteiger partial charge in [-0.25, -0.2) is 4.98 Å². The maximum atomic E-state index is 9.60. The summed E-state index contributed by atoms with van der Waals surface area (Å²) >= 11 is 0. The quantitative estimate of drug-likeness (QED) is 0.338. The lowest BCUT2D eigenvalue weighted by Crippen LogP contribution is -2.38. The summed E-state index contributed by atoms with van der Waals surface area (Å²) in [6.07, 6.45) is 7.80. The lowest BCUT2D eigenvalue weighted by atomic mass is 9.91. The van der Waals surface area contributed by atoms with Gasteiger partial charge in [-0.15, -0.1) is 0 Å². The fraction of sp³-hybridized carbons (Fsp3) is 0.286. The summed E-state index contributed by atoms with van der Waals surface area (Å²) in [4.78, 5) is 13.5. The molecule has 2 heterocycles. The molecule has 1 atom stereocenters. The van der Waals surface area contributed by atoms with E-state index in [0.29, 0.717) is 13.1 Å². The molecule has 3 aromatic rings. The van der Waals surface area contributed by atoms with Crippen LogP contribution in [0.2, 0.25) is 0 Å². The molecule has 1 unspecified atom stereocenters. The molecule has 0 saturated carbocycles. The van der Waals surface area contributed by atoms with Gasteiger partial charge in [0.15, 0.2) is 5.96 Å². The van der Waals surface area contributed by atoms with Crippen LogP contribution in [0.1, 0.15) is 35.7 Å². The van der Waals surface area contributed by atoms with Gasteiger partial charge in [-0.3, -0.25) is 10.4 Å². The van der Waals surface area contributed by atoms with Gasteiger partial charge in [-0.2, -0.15) is 0 Å². The first-order valence-corrected chi connectivity index (χ1v) is 9.39. The van der Waals surface area contributed by atoms with Crippen molar-refractivity contribution in [3.8, 4) is 5.75 Å². The van der Waals surface area contributed by atoms with Crippen LogP contribution in [0.15, 0.2) is 61.2 Å². The van der Waals surface area contributed by atoms with E-state index in [1.165, 1.54) is 0 Å². The van der Waals surface area contributed by atoms with Crippen molar-refractivity contribution >= 4 is 5.96 Å². The highest BCUT2D eigenvalue weighted by molar-refractivity contribution is 5.74. The zero-order valence-corrected chi connectivity index (χ0v) is 15.8. The van der Waals surface area contributed by atoms with E-state index in [1.807, 2.05) is 41.4 Å². The van der Waals surface area contributed by atoms with Gasteiger partial charge in [-0.1, -0.05) is 18.2 Å². The molecule has 7 nitrogen and oxygen atoms in total. The number of aromatic nitrogens is 3. The summed E-state index contributed by atoms with van der Waals surface area (Å²) in [5.41, 5.74) is 8.95. The molecule has 3 rings (SSSR count). The molecule has 28 heavy (non-hydrogen) atoms. The number of guanidine groups is 1. The standard InChI is InChI=1S/C21H26N6O/c22-21(23)27(12-3-4-17-14-24-15-26-17)13-10-19(20-5-1-2-11-25-20)16-6-8-18(28)9-7-16/h1-2,5-9,11,14-15,19,28H,3-4,10,12-13H2,(H3,22,23)(H,24,26). The van der Waals surface area contributed by atoms with Crippen LogP contribution in [0.4, 0.5) is 0 Å². The Morgan fingerprint density at radius 1 is 1.18 bits per heavy atom. The van der Waals surface area contributed by atoms with Crippen molar-refractivity contribution in [2.75, 3.05) is 13.1 Å². The van der Waals surface area contributed by atoms with Crippen LogP contribution in [0.3, 0.4) is 0 Å². The maximum Gasteiger partial charge on any atom is 0.188 e. The smallest absolute Gasteiger partial charge is 0.188 e. The summed E-state index contributed by atoms with van der Waals surface area (Å²) in [6.45, 7) is 1.36. The number of benzene rings is 1. The van der Waals surface area contributed by atoms with E-state index in [1.54, 1.807) is 24.7 Å². The molecule has 7 heteroatoms. The second-order valence-corrected chi connectivity index (χ2v) is 6.74. The number of phenolic OH excluding ortho intramolecular Hbond substituents is 1. The van der Waals surface area contributed by atoms with Crippen molar-refractivity contribution in [3.05, 3.63) is 78.1 Å². The second-order valence-electron chi connectivity index (χ2n) is 6.74. The Kier molecular flexibility index (Phi) is 6.62. The summed E-state index contributed by atoms with van der Waals surface area (Å²) in [7, 11) is 0. The first-order valence-electron chi connectivity index (χ1n) is 9.39. The second kappa shape index (κ2) is 9.55. The first kappa shape index (κ1) is 19.4. The van der Waals surface area contributed by atoms with E-state index in [2.05, 4.69) is 15.0 Å². The largest absolute Gasteiger partial charge is 0.508 e. The lowest BCUT2D eigenvalue weighted by molar-refractivity contribution is 0.385. The summed E-state index contributed by atoms with van der Waals surface area (Å²) < 4.78 is 0. The summed E-state index contributed by atoms with van der Waals surface area (Å²) in [6, 6.07) is 13.1. The molecule has 2 aromatic heterocycles. The zero-order chi connectivity index (χ0) is 19.8. The molecular formula is C21H26N6O. The van der Waals surface area contributed by atoms with Crippen molar-refractivity contribution in [1.82, 2.24) is 19.9 Å². The number of aryl methyl sites for hydroxylation is 1. The van der Waals surface area contributed by atoms with E-state index < -0.39 is 0 Å². The van der Waals surface area contributed by atoms with Crippen LogP contribution in [-0.4, -0.2) is 44.0 Å². The molecule has 146 valence electrons. The van der Waals surface area contributed by atoms with Crippen molar-refractivity contribution in [2.45, 2.75) is 25.2 Å². The number of nitrogens with two attached hydrogens (primary N) is 1. The van der Waals surface area contributed by atoms with Crippen molar-refractivity contribution in [2.24, 2.45) is 5.73 Å². The minimum atomic E-state index is 0.0660. The number of aromatic hydroxyl groups is 1. The predicted octanol–water partition coefficient (Wildman–Crippen LogP) is 2.86. The Morgan fingerprint density at radius 3 is 2.64 bits per heavy atom. The lowest BCUT2D eigenvalue weighted by Gasteiger charge is -2.25. The number of phenols is 1. The van der Waals surface area contributed by atoms with E-state index in [0.717, 1.165) is 36.2 Å². The van der Waals surface area contributed by atoms with E-state index in [-0.39, 0.29) is 17.6 Å². The Labute approximate surface area is 164 Å². The van der Waals surface area contributed by atoms with Crippen LogP contribution in [0, 0.1) is 5.41 Å². The monoisotopic (exact) mass is 378 g/mol. The van der Waals surface area contributed by atoms with Gasteiger partial charge in [0.05, 0.1) is 6.33 Å². The van der Waals surface area contributed by atoms with Crippen LogP contribution >= 0.6 is 0 Å². The average Bonchev–Trinajstić information content (AvgIpc) is 3.22. The highest BCUT2D eigenvalue weighted by Gasteiger charge is 2.18. The molecule has 0 aliphatic heterocycles. The van der Waals surface area contributed by atoms with Gasteiger partial charge in [0.25, 0.3) is 0 Å². The number of imidazole rings is 1. The molecule has 1 aromatic carbocycles. The SMILES string of the molecule is N=C(N)N(CCCc1cnc[nH]1)CCC(c1ccc(O)cc1)c1ccccn1. The van der Waals surface area contributed by atoms with Crippen LogP contribution in [-0.2, 0) is 6.42 Å². The number of nitrogens with zero attached hydrogens (tertiary/aromatic N) is 3. The average molecular weight is 378 g/mol. The number of hydrogen-bond donors (Lipinski definition) is 4. The third-order valence-corrected chi connectivity index (χ3v) is 4.80. The number of aromatic amines is 1. The Morgan fingerprint density at radius 2 is 2.00 bits per heavy atom. The van der Waals surface area contributed by atoms with Gasteiger partial charge < -0.3 is 20.7 Å². The molecule has 0 amide bonds. The molecule has 5 N–H and O–H groups in total. The Bertz CT molecular complexity index is 848. The zero-order valence-electron chi connectivity index (χ0n) is 15.8. The predicted molar refractivity (Wildman–Crippen MR) is 109 cm³/mol. The molecule has 0 aliphatic rings. The summed E-state index contributed by atoms with van der Waals surface area (Å²) in [5.74, 6) is 0.388. The van der Waals surface area contributed by atoms with Gasteiger partial charge in [0, 0.05) is 42.8 Å². The fourth-order valence-corrected chi connectivity index (χ4v) is 3.29. The van der Waals surface area contributed by atoms with E-state index in [4.69, 9.17) is 11.1 Å². The van der Waals surface area contributed by atoms with Crippen molar-refractivity contribution < 1.29 is 5.11 Å². The van der Waals surface area contributed by atoms with E-state index >= 15 is 0 Å². The molecule has 0 aliphatic carbocycles. The van der Waals surface area contributed by atoms with Crippen LogP contribution in [0.25, 0.3) is 0 Å². The molecule has 0 bridgehead atoms. The highest BCUT2D eigenvalue weighted by Crippen LogP contribution is 2.28. The van der Waals surface area contributed by atoms with E-state index in [9.17, 15) is 5.11 Å². The Balaban J connectivity index is 1.66. The Hall–Kier alpha value is -3.35. The first-order chi connectivity index (χ1) is 13.6. The molecular weight excluding hydrogens is 352 g/mol. The topological polar surface area (TPSA) is 115 Å². The minimum Gasteiger partial charge on any atom is -0.508 e. The number of hydrogen-bond acceptors (Lipinski definition) is 4. The van der Waals surface area contributed by atoms with Gasteiger partial charge in [-0.05, 0) is 49.1 Å². The van der Waals surface area contributed by atoms with Crippen LogP contribution in [0.5, 0.6) is 5.75 Å². The number of rotatable bonds is 9. The number of H-pyrrole nitrogens is 1. The molecule has 0 saturated heterocycles. The third kappa shape index (κ3) is 5.33. The van der Waals surface area contributed by atoms with Gasteiger partial charge >= 0.3 is 0 Å². The molecule has 0 radical (unpaired) electrons.